The quantitative estimate of drug-likeness (QED) is 0.0152. The predicted octanol–water partition coefficient (Wildman–Crippen LogP) is 9.56. The average Bonchev–Trinajstić information content (AvgIpc) is 3.21. The van der Waals surface area contributed by atoms with Crippen molar-refractivity contribution in [3.8, 4) is 0 Å². The van der Waals surface area contributed by atoms with E-state index >= 15 is 0 Å². The van der Waals surface area contributed by atoms with Gasteiger partial charge in [-0.25, -0.2) is 0 Å². The largest absolute Gasteiger partial charge is 0.462 e. The Hall–Kier alpha value is -2.39. The maximum atomic E-state index is 12.8. The molecular weight excluding hydrogens is 789 g/mol. The molecule has 0 spiro atoms. The highest BCUT2D eigenvalue weighted by atomic mass is 32.2. The molecule has 0 saturated carbocycles. The Bertz CT molecular complexity index is 1300. The van der Waals surface area contributed by atoms with Crippen LogP contribution in [0.3, 0.4) is 0 Å². The van der Waals surface area contributed by atoms with Crippen LogP contribution in [0.5, 0.6) is 0 Å². The van der Waals surface area contributed by atoms with Crippen molar-refractivity contribution in [2.24, 2.45) is 0 Å². The Balaban J connectivity index is 2.48. The van der Waals surface area contributed by atoms with E-state index in [1.807, 2.05) is 6.08 Å². The number of aliphatic hydroxyl groups excluding tert-OH is 3. The number of hydrogen-bond donors (Lipinski definition) is 4. The third kappa shape index (κ3) is 31.5. The molecule has 0 amide bonds. The molecule has 1 aliphatic rings. The lowest BCUT2D eigenvalue weighted by atomic mass is 10.00. The van der Waals surface area contributed by atoms with E-state index in [1.54, 1.807) is 0 Å². The first kappa shape index (κ1) is 55.6. The van der Waals surface area contributed by atoms with Crippen LogP contribution in [0.2, 0.25) is 0 Å². The fraction of sp³-hybridized carbons (Fsp3) is 0.787. The van der Waals surface area contributed by atoms with Gasteiger partial charge in [-0.2, -0.15) is 8.42 Å². The van der Waals surface area contributed by atoms with Crippen molar-refractivity contribution in [3.05, 3.63) is 48.6 Å². The van der Waals surface area contributed by atoms with Crippen molar-refractivity contribution in [2.75, 3.05) is 19.0 Å². The van der Waals surface area contributed by atoms with E-state index in [0.29, 0.717) is 19.3 Å². The van der Waals surface area contributed by atoms with Gasteiger partial charge in [0.1, 0.15) is 36.8 Å². The van der Waals surface area contributed by atoms with Crippen molar-refractivity contribution < 1.29 is 56.8 Å². The lowest BCUT2D eigenvalue weighted by Gasteiger charge is -2.40. The Morgan fingerprint density at radius 1 is 0.583 bits per heavy atom. The Labute approximate surface area is 363 Å². The summed E-state index contributed by atoms with van der Waals surface area (Å²) in [5.41, 5.74) is 0. The average molecular weight is 871 g/mol. The second-order valence-corrected chi connectivity index (χ2v) is 17.6. The number of rotatable bonds is 38. The summed E-state index contributed by atoms with van der Waals surface area (Å²) in [7, 11) is -4.61. The summed E-state index contributed by atoms with van der Waals surface area (Å²) < 4.78 is 54.0. The number of esters is 2. The molecule has 13 heteroatoms. The summed E-state index contributed by atoms with van der Waals surface area (Å²) in [5.74, 6) is -2.06. The molecule has 1 saturated heterocycles. The monoisotopic (exact) mass is 871 g/mol. The van der Waals surface area contributed by atoms with Crippen molar-refractivity contribution in [1.29, 1.82) is 0 Å². The van der Waals surface area contributed by atoms with E-state index in [4.69, 9.17) is 18.9 Å². The highest BCUT2D eigenvalue weighted by molar-refractivity contribution is 7.85. The molecule has 0 aromatic rings. The van der Waals surface area contributed by atoms with Gasteiger partial charge in [-0.1, -0.05) is 152 Å². The van der Waals surface area contributed by atoms with Crippen molar-refractivity contribution in [3.63, 3.8) is 0 Å². The van der Waals surface area contributed by atoms with Crippen LogP contribution in [0.25, 0.3) is 0 Å². The first-order valence-electron chi connectivity index (χ1n) is 23.2. The van der Waals surface area contributed by atoms with E-state index in [2.05, 4.69) is 56.4 Å². The van der Waals surface area contributed by atoms with Crippen LogP contribution < -0.4 is 0 Å². The Morgan fingerprint density at radius 2 is 1.07 bits per heavy atom. The van der Waals surface area contributed by atoms with Gasteiger partial charge >= 0.3 is 11.9 Å². The summed E-state index contributed by atoms with van der Waals surface area (Å²) in [4.78, 5) is 25.4. The third-order valence-electron chi connectivity index (χ3n) is 10.4. The second-order valence-electron chi connectivity index (χ2n) is 16.1. The summed E-state index contributed by atoms with van der Waals surface area (Å²) in [6.07, 6.45) is 34.5. The van der Waals surface area contributed by atoms with Crippen LogP contribution in [0.4, 0.5) is 0 Å². The van der Waals surface area contributed by atoms with Crippen LogP contribution in [0.1, 0.15) is 181 Å². The minimum atomic E-state index is -4.61. The number of aliphatic hydroxyl groups is 3. The van der Waals surface area contributed by atoms with Gasteiger partial charge in [0.05, 0.1) is 6.61 Å². The fourth-order valence-corrected chi connectivity index (χ4v) is 7.46. The number of unbranched alkanes of at least 4 members (excludes halogenated alkanes) is 19. The van der Waals surface area contributed by atoms with Gasteiger partial charge in [-0.3, -0.25) is 14.1 Å². The Morgan fingerprint density at radius 3 is 1.63 bits per heavy atom. The van der Waals surface area contributed by atoms with E-state index in [-0.39, 0.29) is 19.4 Å². The Kier molecular flexibility index (Phi) is 34.5. The second kappa shape index (κ2) is 37.2. The molecule has 2 unspecified atom stereocenters. The molecule has 12 nitrogen and oxygen atoms in total. The van der Waals surface area contributed by atoms with Gasteiger partial charge in [0.25, 0.3) is 10.1 Å². The van der Waals surface area contributed by atoms with Crippen molar-refractivity contribution >= 4 is 22.1 Å². The molecule has 1 rings (SSSR count). The smallest absolute Gasteiger partial charge is 0.306 e. The van der Waals surface area contributed by atoms with Crippen molar-refractivity contribution in [2.45, 2.75) is 218 Å². The zero-order valence-electron chi connectivity index (χ0n) is 37.1. The van der Waals surface area contributed by atoms with E-state index in [1.165, 1.54) is 83.5 Å². The number of ether oxygens (including phenoxy) is 4. The maximum absolute atomic E-state index is 12.8. The van der Waals surface area contributed by atoms with Gasteiger partial charge in [-0.05, 0) is 64.2 Å². The SMILES string of the molecule is CCCCCC/C=C/C=C/CCCCCCCC(=O)OC[C@H](CO[C@H]1O[C@H](CS(=O)(=O)O)[C@@H](O)C(O)C1O)OC(=O)CCC/C=C/C/C=C/CCCCCCCCCCC. The molecule has 0 radical (unpaired) electrons. The molecule has 60 heavy (non-hydrogen) atoms. The predicted molar refractivity (Wildman–Crippen MR) is 238 cm³/mol. The fourth-order valence-electron chi connectivity index (χ4n) is 6.76. The van der Waals surface area contributed by atoms with Crippen LogP contribution >= 0.6 is 0 Å². The van der Waals surface area contributed by atoms with E-state index < -0.39 is 71.2 Å². The molecular formula is C47H82O12S. The standard InChI is InChI=1S/C47H82O12S/c1-3-5-7-9-11-13-15-17-19-20-22-24-26-28-30-32-34-36-43(49)58-40(38-57-47-46(52)45(51)44(50)41(59-47)39-60(53,54)55)37-56-42(48)35-33-31-29-27-25-23-21-18-16-14-12-10-8-6-4-2/h14,16,18,21-22,24,28,30,40-41,44-47,50-52H,3-13,15,17,19-20,23,25-27,29,31-39H2,1-2H3,(H,53,54,55)/b16-14+,21-18+,24-22+,30-28+/t40-,41-,44-,45?,46?,47+/m1/s1. The van der Waals surface area contributed by atoms with Crippen LogP contribution in [-0.2, 0) is 38.7 Å². The van der Waals surface area contributed by atoms with Gasteiger partial charge in [-0.15, -0.1) is 0 Å². The number of carbonyl (C=O) groups is 2. The molecule has 1 aliphatic heterocycles. The number of carbonyl (C=O) groups excluding carboxylic acids is 2. The summed E-state index contributed by atoms with van der Waals surface area (Å²) in [6.45, 7) is 3.69. The summed E-state index contributed by atoms with van der Waals surface area (Å²) >= 11 is 0. The van der Waals surface area contributed by atoms with Crippen LogP contribution in [0, 0.1) is 0 Å². The minimum Gasteiger partial charge on any atom is -0.462 e. The molecule has 0 aliphatic carbocycles. The molecule has 6 atom stereocenters. The molecule has 348 valence electrons. The highest BCUT2D eigenvalue weighted by Crippen LogP contribution is 2.24. The molecule has 1 fully saturated rings. The lowest BCUT2D eigenvalue weighted by molar-refractivity contribution is -0.297. The summed E-state index contributed by atoms with van der Waals surface area (Å²) in [5, 5.41) is 30.9. The molecule has 0 bridgehead atoms. The maximum Gasteiger partial charge on any atom is 0.306 e. The molecule has 4 N–H and O–H groups in total. The number of allylic oxidation sites excluding steroid dienone is 8. The van der Waals surface area contributed by atoms with Gasteiger partial charge in [0.2, 0.25) is 0 Å². The topological polar surface area (TPSA) is 186 Å². The summed E-state index contributed by atoms with van der Waals surface area (Å²) in [6, 6.07) is 0. The highest BCUT2D eigenvalue weighted by Gasteiger charge is 2.46. The van der Waals surface area contributed by atoms with E-state index in [0.717, 1.165) is 51.4 Å². The molecule has 1 heterocycles. The van der Waals surface area contributed by atoms with Gasteiger partial charge in [0.15, 0.2) is 12.4 Å². The zero-order chi connectivity index (χ0) is 44.1. The molecule has 0 aromatic carbocycles. The lowest BCUT2D eigenvalue weighted by Crippen LogP contribution is -2.60. The third-order valence-corrected chi connectivity index (χ3v) is 11.2. The van der Waals surface area contributed by atoms with Crippen LogP contribution in [0.15, 0.2) is 48.6 Å². The number of hydrogen-bond acceptors (Lipinski definition) is 11. The van der Waals surface area contributed by atoms with Crippen LogP contribution in [-0.4, -0.2) is 96.0 Å². The first-order valence-corrected chi connectivity index (χ1v) is 24.8. The van der Waals surface area contributed by atoms with Gasteiger partial charge in [0, 0.05) is 12.8 Å². The first-order chi connectivity index (χ1) is 29.0. The van der Waals surface area contributed by atoms with Crippen molar-refractivity contribution in [1.82, 2.24) is 0 Å². The normalized spacial score (nSPS) is 20.5. The molecule has 0 aromatic heterocycles. The van der Waals surface area contributed by atoms with Gasteiger partial charge < -0.3 is 34.3 Å². The zero-order valence-corrected chi connectivity index (χ0v) is 37.9. The van der Waals surface area contributed by atoms with E-state index in [9.17, 15) is 37.9 Å². The minimum absolute atomic E-state index is 0.0960.